The molecule has 0 saturated carbocycles. The van der Waals surface area contributed by atoms with Gasteiger partial charge in [0.2, 0.25) is 5.91 Å². The summed E-state index contributed by atoms with van der Waals surface area (Å²) in [5.74, 6) is -1.89. The molecule has 0 aliphatic carbocycles. The van der Waals surface area contributed by atoms with E-state index < -0.39 is 23.4 Å². The number of aromatic amines is 1. The van der Waals surface area contributed by atoms with Crippen molar-refractivity contribution in [3.05, 3.63) is 61.8 Å². The molecule has 0 radical (unpaired) electrons. The number of thioether (sulfide) groups is 1. The molecule has 198 valence electrons. The molecular weight excluding hydrogens is 554 g/mol. The second-order valence-electron chi connectivity index (χ2n) is 7.68. The number of carbonyl (C=O) groups is 3. The van der Waals surface area contributed by atoms with Gasteiger partial charge in [-0.05, 0) is 44.5 Å². The van der Waals surface area contributed by atoms with Crippen LogP contribution in [0.15, 0.2) is 40.4 Å². The van der Waals surface area contributed by atoms with Gasteiger partial charge in [0.25, 0.3) is 5.56 Å². The molecule has 0 unspecified atom stereocenters. The van der Waals surface area contributed by atoms with Crippen LogP contribution in [0, 0.1) is 6.92 Å². The molecule has 11 nitrogen and oxygen atoms in total. The molecule has 3 aromatic heterocycles. The number of halogens is 1. The average Bonchev–Trinajstić information content (AvgIpc) is 3.44. The molecule has 3 heterocycles. The number of nitrogens with one attached hydrogen (secondary N) is 2. The van der Waals surface area contributed by atoms with Crippen LogP contribution in [0.1, 0.15) is 39.4 Å². The lowest BCUT2D eigenvalue weighted by Gasteiger charge is -2.07. The first-order valence-corrected chi connectivity index (χ1v) is 13.6. The minimum Gasteiger partial charge on any atom is -0.462 e. The number of amides is 1. The van der Waals surface area contributed by atoms with E-state index in [4.69, 9.17) is 21.1 Å². The van der Waals surface area contributed by atoms with Crippen LogP contribution in [0.3, 0.4) is 0 Å². The summed E-state index contributed by atoms with van der Waals surface area (Å²) >= 11 is 8.01. The second-order valence-corrected chi connectivity index (χ2v) is 10.1. The smallest absolute Gasteiger partial charge is 0.348 e. The van der Waals surface area contributed by atoms with Crippen molar-refractivity contribution in [3.63, 3.8) is 0 Å². The third-order valence-electron chi connectivity index (χ3n) is 5.15. The van der Waals surface area contributed by atoms with Gasteiger partial charge in [-0.1, -0.05) is 29.4 Å². The molecule has 0 spiro atoms. The van der Waals surface area contributed by atoms with Gasteiger partial charge >= 0.3 is 11.9 Å². The number of anilines is 1. The maximum absolute atomic E-state index is 12.8. The fourth-order valence-electron chi connectivity index (χ4n) is 3.50. The molecule has 0 aliphatic rings. The average molecular weight is 576 g/mol. The van der Waals surface area contributed by atoms with E-state index in [1.807, 2.05) is 0 Å². The number of fused-ring (bicyclic) bond motifs is 1. The van der Waals surface area contributed by atoms with E-state index in [2.05, 4.69) is 20.4 Å². The molecule has 0 bridgehead atoms. The van der Waals surface area contributed by atoms with E-state index in [0.717, 1.165) is 23.1 Å². The molecule has 1 amide bonds. The molecule has 4 aromatic rings. The topological polar surface area (TPSA) is 145 Å². The quantitative estimate of drug-likeness (QED) is 0.170. The summed E-state index contributed by atoms with van der Waals surface area (Å²) < 4.78 is 11.7. The van der Waals surface area contributed by atoms with Gasteiger partial charge < -0.3 is 19.8 Å². The summed E-state index contributed by atoms with van der Waals surface area (Å²) in [4.78, 5) is 57.6. The van der Waals surface area contributed by atoms with Crippen molar-refractivity contribution in [1.29, 1.82) is 0 Å². The zero-order valence-corrected chi connectivity index (χ0v) is 22.9. The number of aromatic nitrogens is 4. The summed E-state index contributed by atoms with van der Waals surface area (Å²) in [6.45, 7) is 5.20. The highest BCUT2D eigenvalue weighted by molar-refractivity contribution is 7.99. The SMILES string of the molecule is CCOC(=O)c1sc(NC(=O)CSc2nc3c(cnn3-c3cccc(Cl)c3)c(=O)[nH]2)c(C(=O)OCC)c1C. The number of benzene rings is 1. The van der Waals surface area contributed by atoms with Crippen molar-refractivity contribution in [2.75, 3.05) is 24.3 Å². The zero-order valence-electron chi connectivity index (χ0n) is 20.5. The van der Waals surface area contributed by atoms with Crippen LogP contribution in [-0.4, -0.2) is 56.6 Å². The number of esters is 2. The standard InChI is InChI=1S/C24H22ClN5O6S2/c1-4-35-22(33)17-12(3)18(23(34)36-5-2)38-21(17)27-16(31)11-37-24-28-19-15(20(32)29-24)10-26-30(19)14-8-6-7-13(25)9-14/h6-10H,4-5,11H2,1-3H3,(H,27,31)(H,28,29,32). The van der Waals surface area contributed by atoms with Crippen molar-refractivity contribution >= 4 is 68.6 Å². The number of ether oxygens (including phenoxy) is 2. The van der Waals surface area contributed by atoms with E-state index in [1.165, 1.54) is 10.9 Å². The van der Waals surface area contributed by atoms with Gasteiger partial charge in [-0.3, -0.25) is 9.59 Å². The number of nitrogens with zero attached hydrogens (tertiary/aromatic N) is 3. The van der Waals surface area contributed by atoms with Crippen LogP contribution in [0.2, 0.25) is 5.02 Å². The largest absolute Gasteiger partial charge is 0.462 e. The predicted octanol–water partition coefficient (Wildman–Crippen LogP) is 4.22. The van der Waals surface area contributed by atoms with E-state index in [9.17, 15) is 19.2 Å². The fraction of sp³-hybridized carbons (Fsp3) is 0.250. The number of carbonyl (C=O) groups excluding carboxylic acids is 3. The Balaban J connectivity index is 1.56. The van der Waals surface area contributed by atoms with Crippen molar-refractivity contribution in [2.24, 2.45) is 0 Å². The number of H-pyrrole nitrogens is 1. The number of hydrogen-bond donors (Lipinski definition) is 2. The molecule has 4 rings (SSSR count). The van der Waals surface area contributed by atoms with Crippen LogP contribution in [0.5, 0.6) is 0 Å². The maximum atomic E-state index is 12.8. The highest BCUT2D eigenvalue weighted by Gasteiger charge is 2.27. The Bertz CT molecular complexity index is 1590. The van der Waals surface area contributed by atoms with Crippen LogP contribution in [0.4, 0.5) is 5.00 Å². The highest BCUT2D eigenvalue weighted by Crippen LogP contribution is 2.34. The van der Waals surface area contributed by atoms with Gasteiger partial charge in [-0.15, -0.1) is 11.3 Å². The molecule has 38 heavy (non-hydrogen) atoms. The van der Waals surface area contributed by atoms with Gasteiger partial charge in [0.05, 0.1) is 36.4 Å². The first-order valence-electron chi connectivity index (χ1n) is 11.4. The van der Waals surface area contributed by atoms with Crippen LogP contribution in [0.25, 0.3) is 16.7 Å². The summed E-state index contributed by atoms with van der Waals surface area (Å²) in [6, 6.07) is 6.93. The van der Waals surface area contributed by atoms with Crippen LogP contribution < -0.4 is 10.9 Å². The lowest BCUT2D eigenvalue weighted by atomic mass is 10.1. The molecular formula is C24H22ClN5O6S2. The fourth-order valence-corrected chi connectivity index (χ4v) is 5.45. The third kappa shape index (κ3) is 5.74. The van der Waals surface area contributed by atoms with Crippen LogP contribution in [-0.2, 0) is 14.3 Å². The number of hydrogen-bond acceptors (Lipinski definition) is 10. The third-order valence-corrected chi connectivity index (χ3v) is 7.44. The van der Waals surface area contributed by atoms with E-state index in [-0.39, 0.29) is 45.0 Å². The van der Waals surface area contributed by atoms with Crippen LogP contribution >= 0.6 is 34.7 Å². The first-order chi connectivity index (χ1) is 18.2. The number of thiophene rings is 1. The predicted molar refractivity (Wildman–Crippen MR) is 145 cm³/mol. The van der Waals surface area contributed by atoms with Gasteiger partial charge in [0, 0.05) is 5.02 Å². The molecule has 0 saturated heterocycles. The lowest BCUT2D eigenvalue weighted by molar-refractivity contribution is -0.113. The first kappa shape index (κ1) is 27.4. The van der Waals surface area contributed by atoms with Gasteiger partial charge in [0.15, 0.2) is 10.8 Å². The van der Waals surface area contributed by atoms with Crippen molar-refractivity contribution in [1.82, 2.24) is 19.7 Å². The summed E-state index contributed by atoms with van der Waals surface area (Å²) in [5.41, 5.74) is 0.966. The molecule has 1 aromatic carbocycles. The van der Waals surface area contributed by atoms with E-state index in [0.29, 0.717) is 21.9 Å². The Morgan fingerprint density at radius 2 is 1.92 bits per heavy atom. The van der Waals surface area contributed by atoms with Crippen molar-refractivity contribution < 1.29 is 23.9 Å². The molecule has 14 heteroatoms. The van der Waals surface area contributed by atoms with E-state index >= 15 is 0 Å². The highest BCUT2D eigenvalue weighted by atomic mass is 35.5. The molecule has 0 fully saturated rings. The summed E-state index contributed by atoms with van der Waals surface area (Å²) in [7, 11) is 0. The molecule has 0 atom stereocenters. The van der Waals surface area contributed by atoms with E-state index in [1.54, 1.807) is 45.0 Å². The van der Waals surface area contributed by atoms with Crippen molar-refractivity contribution in [3.8, 4) is 5.69 Å². The second kappa shape index (κ2) is 11.8. The summed E-state index contributed by atoms with van der Waals surface area (Å²) in [6.07, 6.45) is 1.40. The van der Waals surface area contributed by atoms with Gasteiger partial charge in [0.1, 0.15) is 15.3 Å². The Kier molecular flexibility index (Phi) is 8.49. The normalized spacial score (nSPS) is 10.9. The van der Waals surface area contributed by atoms with Gasteiger partial charge in [-0.2, -0.15) is 5.10 Å². The maximum Gasteiger partial charge on any atom is 0.348 e. The minimum atomic E-state index is -0.662. The summed E-state index contributed by atoms with van der Waals surface area (Å²) in [5, 5.41) is 8.06. The van der Waals surface area contributed by atoms with Crippen molar-refractivity contribution in [2.45, 2.75) is 25.9 Å². The Morgan fingerprint density at radius 1 is 1.18 bits per heavy atom. The number of rotatable bonds is 9. The monoisotopic (exact) mass is 575 g/mol. The Morgan fingerprint density at radius 3 is 2.63 bits per heavy atom. The molecule has 2 N–H and O–H groups in total. The lowest BCUT2D eigenvalue weighted by Crippen LogP contribution is -2.17. The Labute approximate surface area is 229 Å². The zero-order chi connectivity index (χ0) is 27.4. The Hall–Kier alpha value is -3.68. The van der Waals surface area contributed by atoms with Gasteiger partial charge in [-0.25, -0.2) is 19.3 Å². The molecule has 0 aliphatic heterocycles. The minimum absolute atomic E-state index is 0.0941.